The molecule has 0 aromatic carbocycles. The molecule has 2 aromatic heterocycles. The van der Waals surface area contributed by atoms with Crippen molar-refractivity contribution in [2.75, 3.05) is 0 Å². The van der Waals surface area contributed by atoms with Gasteiger partial charge in [0.1, 0.15) is 5.69 Å². The van der Waals surface area contributed by atoms with Gasteiger partial charge in [0, 0.05) is 12.6 Å². The number of Topliss-reactive ketones (excluding diaryl/α,β-unsaturated/α-hetero) is 1. The average Bonchev–Trinajstić information content (AvgIpc) is 2.70. The lowest BCUT2D eigenvalue weighted by Crippen LogP contribution is -2.06. The van der Waals surface area contributed by atoms with Crippen LogP contribution in [0.4, 0.5) is 0 Å². The van der Waals surface area contributed by atoms with Crippen molar-refractivity contribution in [3.63, 3.8) is 0 Å². The Labute approximate surface area is 102 Å². The molecular weight excluding hydrogens is 249 g/mol. The van der Waals surface area contributed by atoms with E-state index in [2.05, 4.69) is 4.98 Å². The van der Waals surface area contributed by atoms with E-state index in [1.165, 1.54) is 24.8 Å². The number of carbonyl (C=O) groups excluding carboxylic acids is 1. The number of furan rings is 1. The van der Waals surface area contributed by atoms with E-state index in [1.807, 2.05) is 0 Å². The molecule has 0 aliphatic carbocycles. The van der Waals surface area contributed by atoms with Gasteiger partial charge in [-0.3, -0.25) is 4.79 Å². The highest BCUT2D eigenvalue weighted by atomic mass is 35.5. The minimum atomic E-state index is -0.164. The molecule has 0 radical (unpaired) electrons. The molecule has 0 amide bonds. The highest BCUT2D eigenvalue weighted by molar-refractivity contribution is 6.36. The van der Waals surface area contributed by atoms with E-state index >= 15 is 0 Å². The molecule has 0 unspecified atom stereocenters. The highest BCUT2D eigenvalue weighted by Crippen LogP contribution is 2.20. The van der Waals surface area contributed by atoms with Gasteiger partial charge in [-0.25, -0.2) is 4.98 Å². The summed E-state index contributed by atoms with van der Waals surface area (Å²) in [6.07, 6.45) is 4.64. The molecule has 16 heavy (non-hydrogen) atoms. The van der Waals surface area contributed by atoms with Crippen LogP contribution in [0.2, 0.25) is 10.0 Å². The van der Waals surface area contributed by atoms with E-state index in [0.29, 0.717) is 5.02 Å². The summed E-state index contributed by atoms with van der Waals surface area (Å²) < 4.78 is 4.87. The maximum atomic E-state index is 11.8. The Morgan fingerprint density at radius 1 is 1.44 bits per heavy atom. The molecule has 2 rings (SSSR count). The standard InChI is InChI=1S/C11H7Cl2NO2/c12-8-4-9(13)11(14-5-8)10(15)3-7-1-2-16-6-7/h1-2,4-6H,3H2. The number of ketones is 1. The molecule has 0 spiro atoms. The van der Waals surface area contributed by atoms with Crippen molar-refractivity contribution >= 4 is 29.0 Å². The zero-order valence-corrected chi connectivity index (χ0v) is 9.63. The maximum absolute atomic E-state index is 11.8. The van der Waals surface area contributed by atoms with Crippen LogP contribution in [0.15, 0.2) is 35.3 Å². The molecule has 82 valence electrons. The molecule has 0 bridgehead atoms. The summed E-state index contributed by atoms with van der Waals surface area (Å²) in [4.78, 5) is 15.7. The van der Waals surface area contributed by atoms with Gasteiger partial charge in [0.05, 0.1) is 22.6 Å². The third-order valence-electron chi connectivity index (χ3n) is 2.02. The minimum Gasteiger partial charge on any atom is -0.472 e. The Hall–Kier alpha value is -1.32. The second-order valence-electron chi connectivity index (χ2n) is 3.22. The number of carbonyl (C=O) groups is 1. The van der Waals surface area contributed by atoms with Crippen LogP contribution in [-0.2, 0) is 6.42 Å². The molecule has 0 saturated carbocycles. The second kappa shape index (κ2) is 4.68. The van der Waals surface area contributed by atoms with Crippen molar-refractivity contribution in [3.05, 3.63) is 52.2 Å². The van der Waals surface area contributed by atoms with Crippen LogP contribution in [-0.4, -0.2) is 10.8 Å². The van der Waals surface area contributed by atoms with Crippen LogP contribution in [0.3, 0.4) is 0 Å². The first-order chi connectivity index (χ1) is 7.66. The molecule has 5 heteroatoms. The Kier molecular flexibility index (Phi) is 3.27. The molecule has 0 aliphatic rings. The number of aromatic nitrogens is 1. The third kappa shape index (κ3) is 2.43. The van der Waals surface area contributed by atoms with Gasteiger partial charge in [0.25, 0.3) is 0 Å². The van der Waals surface area contributed by atoms with E-state index in [9.17, 15) is 4.79 Å². The summed E-state index contributed by atoms with van der Waals surface area (Å²) in [5, 5.41) is 0.672. The van der Waals surface area contributed by atoms with E-state index < -0.39 is 0 Å². The van der Waals surface area contributed by atoms with Crippen LogP contribution in [0.1, 0.15) is 16.1 Å². The van der Waals surface area contributed by atoms with Crippen molar-refractivity contribution in [1.82, 2.24) is 4.98 Å². The van der Waals surface area contributed by atoms with E-state index in [1.54, 1.807) is 6.07 Å². The molecule has 2 aromatic rings. The normalized spacial score (nSPS) is 10.4. The lowest BCUT2D eigenvalue weighted by molar-refractivity contribution is 0.0988. The monoisotopic (exact) mass is 255 g/mol. The summed E-state index contributed by atoms with van der Waals surface area (Å²) in [7, 11) is 0. The van der Waals surface area contributed by atoms with Gasteiger partial charge in [-0.1, -0.05) is 23.2 Å². The Morgan fingerprint density at radius 2 is 2.25 bits per heavy atom. The second-order valence-corrected chi connectivity index (χ2v) is 4.06. The average molecular weight is 256 g/mol. The molecule has 0 aliphatic heterocycles. The molecule has 0 N–H and O–H groups in total. The maximum Gasteiger partial charge on any atom is 0.187 e. The number of hydrogen-bond donors (Lipinski definition) is 0. The number of hydrogen-bond acceptors (Lipinski definition) is 3. The topological polar surface area (TPSA) is 43.1 Å². The third-order valence-corrected chi connectivity index (χ3v) is 2.51. The van der Waals surface area contributed by atoms with Crippen molar-refractivity contribution in [1.29, 1.82) is 0 Å². The first-order valence-electron chi connectivity index (χ1n) is 4.52. The Balaban J connectivity index is 2.21. The Bertz CT molecular complexity index is 509. The van der Waals surface area contributed by atoms with Crippen molar-refractivity contribution in [3.8, 4) is 0 Å². The molecule has 3 nitrogen and oxygen atoms in total. The predicted molar refractivity (Wildman–Crippen MR) is 61.0 cm³/mol. The summed E-state index contributed by atoms with van der Waals surface area (Å²) in [5.74, 6) is -0.164. The van der Waals surface area contributed by atoms with Crippen LogP contribution in [0.5, 0.6) is 0 Å². The molecule has 2 heterocycles. The van der Waals surface area contributed by atoms with E-state index in [4.69, 9.17) is 27.6 Å². The van der Waals surface area contributed by atoms with Gasteiger partial charge in [0.2, 0.25) is 0 Å². The van der Waals surface area contributed by atoms with E-state index in [-0.39, 0.29) is 22.9 Å². The fourth-order valence-electron chi connectivity index (χ4n) is 1.28. The van der Waals surface area contributed by atoms with Crippen molar-refractivity contribution < 1.29 is 9.21 Å². The molecular formula is C11H7Cl2NO2. The van der Waals surface area contributed by atoms with Gasteiger partial charge >= 0.3 is 0 Å². The number of halogens is 2. The van der Waals surface area contributed by atoms with Crippen LogP contribution >= 0.6 is 23.2 Å². The number of nitrogens with zero attached hydrogens (tertiary/aromatic N) is 1. The van der Waals surface area contributed by atoms with Crippen molar-refractivity contribution in [2.45, 2.75) is 6.42 Å². The molecule has 0 saturated heterocycles. The summed E-state index contributed by atoms with van der Waals surface area (Å²) in [5.41, 5.74) is 1.02. The number of rotatable bonds is 3. The zero-order chi connectivity index (χ0) is 11.5. The van der Waals surface area contributed by atoms with Crippen LogP contribution in [0, 0.1) is 0 Å². The smallest absolute Gasteiger partial charge is 0.187 e. The lowest BCUT2D eigenvalue weighted by atomic mass is 10.1. The first kappa shape index (κ1) is 11.2. The minimum absolute atomic E-state index is 0.164. The summed E-state index contributed by atoms with van der Waals surface area (Å²) >= 11 is 11.6. The van der Waals surface area contributed by atoms with Gasteiger partial charge in [-0.2, -0.15) is 0 Å². The molecule has 0 fully saturated rings. The van der Waals surface area contributed by atoms with Crippen LogP contribution < -0.4 is 0 Å². The summed E-state index contributed by atoms with van der Waals surface area (Å²) in [6, 6.07) is 3.22. The molecule has 0 atom stereocenters. The first-order valence-corrected chi connectivity index (χ1v) is 5.28. The fourth-order valence-corrected chi connectivity index (χ4v) is 1.77. The van der Waals surface area contributed by atoms with Crippen molar-refractivity contribution in [2.24, 2.45) is 0 Å². The van der Waals surface area contributed by atoms with Gasteiger partial charge in [-0.15, -0.1) is 0 Å². The van der Waals surface area contributed by atoms with E-state index in [0.717, 1.165) is 5.56 Å². The highest BCUT2D eigenvalue weighted by Gasteiger charge is 2.13. The van der Waals surface area contributed by atoms with Gasteiger partial charge in [0.15, 0.2) is 5.78 Å². The predicted octanol–water partition coefficient (Wildman–Crippen LogP) is 3.41. The largest absolute Gasteiger partial charge is 0.472 e. The zero-order valence-electron chi connectivity index (χ0n) is 8.11. The van der Waals surface area contributed by atoms with Gasteiger partial charge < -0.3 is 4.42 Å². The summed E-state index contributed by atoms with van der Waals surface area (Å²) in [6.45, 7) is 0. The number of pyridine rings is 1. The SMILES string of the molecule is O=C(Cc1ccoc1)c1ncc(Cl)cc1Cl. The lowest BCUT2D eigenvalue weighted by Gasteiger charge is -2.01. The Morgan fingerprint density at radius 3 is 2.88 bits per heavy atom. The quantitative estimate of drug-likeness (QED) is 0.790. The van der Waals surface area contributed by atoms with Crippen LogP contribution in [0.25, 0.3) is 0 Å². The van der Waals surface area contributed by atoms with Gasteiger partial charge in [-0.05, 0) is 17.7 Å². The fraction of sp³-hybridized carbons (Fsp3) is 0.0909.